The van der Waals surface area contributed by atoms with Gasteiger partial charge in [-0.15, -0.1) is 11.8 Å². The van der Waals surface area contributed by atoms with Gasteiger partial charge >= 0.3 is 0 Å². The van der Waals surface area contributed by atoms with E-state index in [0.29, 0.717) is 37.8 Å². The first-order valence-corrected chi connectivity index (χ1v) is 19.9. The summed E-state index contributed by atoms with van der Waals surface area (Å²) in [5, 5.41) is 7.07. The minimum atomic E-state index is -0.610. The number of para-hydroxylation sites is 1. The van der Waals surface area contributed by atoms with E-state index in [2.05, 4.69) is 59.5 Å². The molecule has 1 aliphatic carbocycles. The number of carbonyl (C=O) groups is 4. The lowest BCUT2D eigenvalue weighted by molar-refractivity contribution is -0.136. The molecule has 4 aromatic rings. The zero-order valence-electron chi connectivity index (χ0n) is 30.7. The molecule has 2 saturated heterocycles. The number of ketones is 1. The average Bonchev–Trinajstić information content (AvgIpc) is 3.73. The van der Waals surface area contributed by atoms with Crippen LogP contribution in [-0.4, -0.2) is 84.1 Å². The first-order chi connectivity index (χ1) is 25.7. The predicted molar refractivity (Wildman–Crippen MR) is 207 cm³/mol. The van der Waals surface area contributed by atoms with Crippen molar-refractivity contribution < 1.29 is 23.9 Å². The van der Waals surface area contributed by atoms with Crippen LogP contribution in [0.15, 0.2) is 59.5 Å². The number of thioether (sulfide) groups is 1. The van der Waals surface area contributed by atoms with E-state index in [9.17, 15) is 19.2 Å². The number of fused-ring (bicyclic) bond motifs is 5. The van der Waals surface area contributed by atoms with Gasteiger partial charge in [-0.05, 0) is 72.7 Å². The molecule has 2 fully saturated rings. The number of benzene rings is 3. The largest absolute Gasteiger partial charge is 0.379 e. The number of aromatic nitrogens is 1. The highest BCUT2D eigenvalue weighted by Gasteiger charge is 2.41. The molecule has 1 aromatic heterocycles. The van der Waals surface area contributed by atoms with Crippen LogP contribution in [0.1, 0.15) is 95.1 Å². The lowest BCUT2D eigenvalue weighted by Gasteiger charge is -2.38. The third-order valence-corrected chi connectivity index (χ3v) is 12.7. The summed E-state index contributed by atoms with van der Waals surface area (Å²) in [5.41, 5.74) is 8.51. The Morgan fingerprint density at radius 1 is 0.962 bits per heavy atom. The maximum atomic E-state index is 14.0. The Hall–Kier alpha value is -4.45. The smallest absolute Gasteiger partial charge is 0.255 e. The van der Waals surface area contributed by atoms with Gasteiger partial charge in [0, 0.05) is 88.1 Å². The fraction of sp³-hybridized carbons (Fsp3) is 0.429. The summed E-state index contributed by atoms with van der Waals surface area (Å²) >= 11 is 1.67. The van der Waals surface area contributed by atoms with E-state index in [1.807, 2.05) is 36.4 Å². The lowest BCUT2D eigenvalue weighted by Crippen LogP contribution is -2.52. The number of carbonyl (C=O) groups excluding carboxylic acids is 4. The molecular formula is C42H47N5O5S. The number of piperidine rings is 2. The van der Waals surface area contributed by atoms with E-state index >= 15 is 0 Å². The van der Waals surface area contributed by atoms with Crippen molar-refractivity contribution in [1.82, 2.24) is 20.5 Å². The van der Waals surface area contributed by atoms with Gasteiger partial charge in [0.05, 0.1) is 18.8 Å². The first-order valence-electron chi connectivity index (χ1n) is 18.9. The Balaban J connectivity index is 0.809. The van der Waals surface area contributed by atoms with Crippen molar-refractivity contribution in [1.29, 1.82) is 0 Å². The fourth-order valence-corrected chi connectivity index (χ4v) is 9.64. The van der Waals surface area contributed by atoms with E-state index < -0.39 is 11.9 Å². The molecule has 10 nitrogen and oxygen atoms in total. The Morgan fingerprint density at radius 3 is 2.57 bits per heavy atom. The van der Waals surface area contributed by atoms with Crippen molar-refractivity contribution in [2.24, 2.45) is 0 Å². The van der Waals surface area contributed by atoms with E-state index in [0.717, 1.165) is 88.4 Å². The number of ether oxygens (including phenoxy) is 1. The van der Waals surface area contributed by atoms with E-state index in [1.165, 1.54) is 11.3 Å². The Labute approximate surface area is 314 Å². The number of aryl methyl sites for hydroxylation is 1. The molecule has 0 spiro atoms. The van der Waals surface area contributed by atoms with Gasteiger partial charge in [-0.3, -0.25) is 24.5 Å². The number of nitrogens with one attached hydrogen (secondary N) is 3. The molecule has 3 amide bonds. The number of hydrogen-bond donors (Lipinski definition) is 3. The Kier molecular flexibility index (Phi) is 9.67. The van der Waals surface area contributed by atoms with Crippen LogP contribution in [0.25, 0.3) is 10.9 Å². The Bertz CT molecular complexity index is 2120. The molecular weight excluding hydrogens is 687 g/mol. The number of H-pyrrole nitrogens is 1. The second-order valence-corrected chi connectivity index (χ2v) is 16.3. The van der Waals surface area contributed by atoms with Crippen molar-refractivity contribution in [3.05, 3.63) is 93.7 Å². The van der Waals surface area contributed by atoms with Gasteiger partial charge in [0.15, 0.2) is 5.78 Å². The van der Waals surface area contributed by atoms with Crippen molar-refractivity contribution in [2.75, 3.05) is 43.5 Å². The third kappa shape index (κ3) is 6.46. The van der Waals surface area contributed by atoms with Crippen LogP contribution in [0.2, 0.25) is 0 Å². The minimum absolute atomic E-state index is 0.121. The van der Waals surface area contributed by atoms with Gasteiger partial charge in [-0.2, -0.15) is 0 Å². The summed E-state index contributed by atoms with van der Waals surface area (Å²) in [6.07, 6.45) is 3.56. The quantitative estimate of drug-likeness (QED) is 0.102. The third-order valence-electron chi connectivity index (χ3n) is 11.6. The highest BCUT2D eigenvalue weighted by molar-refractivity contribution is 7.99. The maximum Gasteiger partial charge on any atom is 0.255 e. The van der Waals surface area contributed by atoms with Crippen LogP contribution in [0.5, 0.6) is 0 Å². The number of rotatable bonds is 11. The second kappa shape index (κ2) is 14.4. The molecule has 276 valence electrons. The molecule has 8 rings (SSSR count). The van der Waals surface area contributed by atoms with Gasteiger partial charge in [-0.25, -0.2) is 0 Å². The number of hydrogen-bond acceptors (Lipinski definition) is 8. The zero-order chi connectivity index (χ0) is 36.9. The normalized spacial score (nSPS) is 19.8. The van der Waals surface area contributed by atoms with Gasteiger partial charge in [0.1, 0.15) is 6.04 Å². The molecule has 1 unspecified atom stereocenters. The highest BCUT2D eigenvalue weighted by atomic mass is 32.2. The van der Waals surface area contributed by atoms with Gasteiger partial charge in [-0.1, -0.05) is 45.0 Å². The fourth-order valence-electron chi connectivity index (χ4n) is 8.70. The Morgan fingerprint density at radius 2 is 1.77 bits per heavy atom. The van der Waals surface area contributed by atoms with Crippen molar-refractivity contribution >= 4 is 51.9 Å². The molecule has 3 aliphatic heterocycles. The van der Waals surface area contributed by atoms with Crippen LogP contribution < -0.4 is 15.5 Å². The predicted octanol–water partition coefficient (Wildman–Crippen LogP) is 5.73. The van der Waals surface area contributed by atoms with Crippen molar-refractivity contribution in [2.45, 2.75) is 81.8 Å². The number of aromatic amines is 1. The molecule has 11 heteroatoms. The van der Waals surface area contributed by atoms with E-state index in [4.69, 9.17) is 4.74 Å². The summed E-state index contributed by atoms with van der Waals surface area (Å²) in [5.74, 6) is 0.0526. The van der Waals surface area contributed by atoms with Crippen molar-refractivity contribution in [3.8, 4) is 0 Å². The summed E-state index contributed by atoms with van der Waals surface area (Å²) in [4.78, 5) is 59.8. The molecule has 1 atom stereocenters. The molecule has 3 aromatic carbocycles. The summed E-state index contributed by atoms with van der Waals surface area (Å²) < 4.78 is 5.99. The number of amides is 3. The van der Waals surface area contributed by atoms with Gasteiger partial charge < -0.3 is 24.8 Å². The molecule has 0 saturated carbocycles. The standard InChI is InChI=1S/C42H47N5O5S/c1-4-25-22-29-31(42(2,3)39-37(38(29)49)28-8-5-6-10-32(28)44-39)23-34(25)46-17-14-26(15-18-46)43-16-19-52-20-21-53-35-11-7-9-27-30(35)24-47(41(27)51)33-12-13-36(48)45-40(33)50/h5-11,22-23,26,33,43-44H,4,12-21,24H2,1-3H3,(H,45,48,50). The number of imide groups is 1. The number of nitrogens with zero attached hydrogens (tertiary/aromatic N) is 2. The highest BCUT2D eigenvalue weighted by Crippen LogP contribution is 2.46. The minimum Gasteiger partial charge on any atom is -0.379 e. The van der Waals surface area contributed by atoms with Gasteiger partial charge in [0.2, 0.25) is 11.8 Å². The second-order valence-electron chi connectivity index (χ2n) is 15.1. The van der Waals surface area contributed by atoms with Crippen LogP contribution in [0.3, 0.4) is 0 Å². The van der Waals surface area contributed by atoms with Crippen LogP contribution in [-0.2, 0) is 32.7 Å². The van der Waals surface area contributed by atoms with E-state index in [-0.39, 0.29) is 29.4 Å². The summed E-state index contributed by atoms with van der Waals surface area (Å²) in [6, 6.07) is 18.1. The lowest BCUT2D eigenvalue weighted by atomic mass is 9.70. The SMILES string of the molecule is CCc1cc2c(cc1N1CCC(NCCOCCSc3cccc4c3CN(C3CCC(=O)NC3=O)C4=O)CC1)C(C)(C)c1[nH]c3ccccc3c1C2=O. The molecule has 53 heavy (non-hydrogen) atoms. The molecule has 0 radical (unpaired) electrons. The van der Waals surface area contributed by atoms with Crippen LogP contribution in [0.4, 0.5) is 5.69 Å². The van der Waals surface area contributed by atoms with Crippen LogP contribution >= 0.6 is 11.8 Å². The van der Waals surface area contributed by atoms with Gasteiger partial charge in [0.25, 0.3) is 5.91 Å². The topological polar surface area (TPSA) is 124 Å². The van der Waals surface area contributed by atoms with E-state index in [1.54, 1.807) is 16.7 Å². The van der Waals surface area contributed by atoms with Crippen LogP contribution in [0, 0.1) is 0 Å². The van der Waals surface area contributed by atoms with Crippen molar-refractivity contribution in [3.63, 3.8) is 0 Å². The monoisotopic (exact) mass is 733 g/mol. The summed E-state index contributed by atoms with van der Waals surface area (Å²) in [6.45, 7) is 10.9. The average molecular weight is 734 g/mol. The summed E-state index contributed by atoms with van der Waals surface area (Å²) in [7, 11) is 0. The number of anilines is 1. The zero-order valence-corrected chi connectivity index (χ0v) is 31.5. The molecule has 0 bridgehead atoms. The first kappa shape index (κ1) is 35.6. The molecule has 4 aliphatic rings. The molecule has 4 heterocycles. The maximum absolute atomic E-state index is 14.0. The molecule has 3 N–H and O–H groups in total.